The highest BCUT2D eigenvalue weighted by molar-refractivity contribution is 6.34. The fraction of sp³-hybridized carbons (Fsp3) is 0.462. The predicted molar refractivity (Wildman–Crippen MR) is 79.8 cm³/mol. The van der Waals surface area contributed by atoms with Crippen LogP contribution >= 0.6 is 23.2 Å². The zero-order valence-electron chi connectivity index (χ0n) is 11.2. The molecule has 0 saturated carbocycles. The van der Waals surface area contributed by atoms with Crippen LogP contribution in [0.15, 0.2) is 23.2 Å². The summed E-state index contributed by atoms with van der Waals surface area (Å²) in [6.45, 7) is 0.711. The maximum atomic E-state index is 5.96. The van der Waals surface area contributed by atoms with Crippen LogP contribution in [-0.2, 0) is 6.42 Å². The molecule has 0 atom stereocenters. The number of rotatable bonds is 3. The Bertz CT molecular complexity index is 398. The Labute approximate surface area is 119 Å². The molecule has 0 fully saturated rings. The summed E-state index contributed by atoms with van der Waals surface area (Å²) in [7, 11) is 7.92. The zero-order chi connectivity index (χ0) is 13.7. The molecule has 3 nitrogen and oxygen atoms in total. The molecule has 0 bridgehead atoms. The Morgan fingerprint density at radius 1 is 1.00 bits per heavy atom. The number of aliphatic imine (C=N–C) groups is 1. The molecule has 100 valence electrons. The van der Waals surface area contributed by atoms with E-state index in [-0.39, 0.29) is 0 Å². The molecular weight excluding hydrogens is 269 g/mol. The van der Waals surface area contributed by atoms with Gasteiger partial charge in [-0.25, -0.2) is 0 Å². The number of hydrogen-bond donors (Lipinski definition) is 0. The summed E-state index contributed by atoms with van der Waals surface area (Å²) in [5, 5.41) is 1.34. The molecule has 0 spiro atoms. The molecule has 0 amide bonds. The van der Waals surface area contributed by atoms with Gasteiger partial charge in [-0.2, -0.15) is 0 Å². The van der Waals surface area contributed by atoms with E-state index >= 15 is 0 Å². The summed E-state index contributed by atoms with van der Waals surface area (Å²) in [6.07, 6.45) is 0.825. The molecule has 0 N–H and O–H groups in total. The lowest BCUT2D eigenvalue weighted by molar-refractivity contribution is 0.479. The Kier molecular flexibility index (Phi) is 5.76. The van der Waals surface area contributed by atoms with Gasteiger partial charge in [-0.1, -0.05) is 23.2 Å². The van der Waals surface area contributed by atoms with Gasteiger partial charge in [0, 0.05) is 44.8 Å². The maximum Gasteiger partial charge on any atom is 0.195 e. The normalized spacial score (nSPS) is 10.1. The van der Waals surface area contributed by atoms with Crippen molar-refractivity contribution in [2.45, 2.75) is 6.42 Å². The second-order valence-corrected chi connectivity index (χ2v) is 5.37. The minimum atomic E-state index is 0.668. The van der Waals surface area contributed by atoms with E-state index in [1.54, 1.807) is 6.07 Å². The van der Waals surface area contributed by atoms with Gasteiger partial charge < -0.3 is 9.80 Å². The summed E-state index contributed by atoms with van der Waals surface area (Å²) in [5.41, 5.74) is 1.10. The summed E-state index contributed by atoms with van der Waals surface area (Å²) >= 11 is 11.9. The van der Waals surface area contributed by atoms with Crippen LogP contribution in [0.25, 0.3) is 0 Å². The van der Waals surface area contributed by atoms with E-state index in [0.717, 1.165) is 17.9 Å². The largest absolute Gasteiger partial charge is 0.349 e. The fourth-order valence-electron chi connectivity index (χ4n) is 1.72. The monoisotopic (exact) mass is 287 g/mol. The number of hydrogen-bond acceptors (Lipinski definition) is 1. The lowest BCUT2D eigenvalue weighted by atomic mass is 10.1. The lowest BCUT2D eigenvalue weighted by Gasteiger charge is -2.22. The first-order chi connectivity index (χ1) is 8.40. The van der Waals surface area contributed by atoms with Crippen LogP contribution in [0, 0.1) is 0 Å². The van der Waals surface area contributed by atoms with Gasteiger partial charge in [0.2, 0.25) is 0 Å². The first-order valence-electron chi connectivity index (χ1n) is 5.74. The van der Waals surface area contributed by atoms with Gasteiger partial charge in [-0.05, 0) is 30.2 Å². The van der Waals surface area contributed by atoms with Gasteiger partial charge >= 0.3 is 0 Å². The van der Waals surface area contributed by atoms with Crippen LogP contribution in [0.4, 0.5) is 0 Å². The molecule has 1 rings (SSSR count). The molecule has 18 heavy (non-hydrogen) atoms. The average Bonchev–Trinajstić information content (AvgIpc) is 2.21. The molecule has 0 aromatic heterocycles. The van der Waals surface area contributed by atoms with Gasteiger partial charge in [-0.15, -0.1) is 0 Å². The van der Waals surface area contributed by atoms with Gasteiger partial charge in [0.25, 0.3) is 0 Å². The Morgan fingerprint density at radius 2 is 1.50 bits per heavy atom. The molecule has 0 saturated heterocycles. The maximum absolute atomic E-state index is 5.96. The number of halogens is 2. The van der Waals surface area contributed by atoms with Crippen LogP contribution < -0.4 is 0 Å². The van der Waals surface area contributed by atoms with Crippen molar-refractivity contribution in [1.29, 1.82) is 0 Å². The molecule has 0 aliphatic carbocycles. The SMILES string of the molecule is CN(C)C(=NCCc1cc(Cl)cc(Cl)c1)N(C)C. The molecule has 0 aliphatic rings. The zero-order valence-corrected chi connectivity index (χ0v) is 12.8. The third-order valence-corrected chi connectivity index (χ3v) is 2.81. The van der Waals surface area contributed by atoms with Crippen LogP contribution in [-0.4, -0.2) is 50.5 Å². The van der Waals surface area contributed by atoms with Crippen LogP contribution in [0.2, 0.25) is 10.0 Å². The smallest absolute Gasteiger partial charge is 0.195 e. The number of benzene rings is 1. The third kappa shape index (κ3) is 4.75. The Morgan fingerprint density at radius 3 is 1.94 bits per heavy atom. The van der Waals surface area contributed by atoms with Gasteiger partial charge in [0.15, 0.2) is 5.96 Å². The van der Waals surface area contributed by atoms with Crippen molar-refractivity contribution >= 4 is 29.2 Å². The molecule has 1 aromatic rings. The van der Waals surface area contributed by atoms with E-state index in [1.165, 1.54) is 0 Å². The van der Waals surface area contributed by atoms with Gasteiger partial charge in [-0.3, -0.25) is 4.99 Å². The molecule has 5 heteroatoms. The van der Waals surface area contributed by atoms with E-state index in [2.05, 4.69) is 4.99 Å². The van der Waals surface area contributed by atoms with Crippen LogP contribution in [0.3, 0.4) is 0 Å². The fourth-order valence-corrected chi connectivity index (χ4v) is 2.29. The van der Waals surface area contributed by atoms with E-state index in [1.807, 2.05) is 50.1 Å². The molecular formula is C13H19Cl2N3. The van der Waals surface area contributed by atoms with E-state index in [0.29, 0.717) is 16.6 Å². The van der Waals surface area contributed by atoms with Gasteiger partial charge in [0.05, 0.1) is 0 Å². The minimum absolute atomic E-state index is 0.668. The topological polar surface area (TPSA) is 18.8 Å². The van der Waals surface area contributed by atoms with Crippen molar-refractivity contribution in [3.63, 3.8) is 0 Å². The number of guanidine groups is 1. The summed E-state index contributed by atoms with van der Waals surface area (Å²) < 4.78 is 0. The van der Waals surface area contributed by atoms with Gasteiger partial charge in [0.1, 0.15) is 0 Å². The van der Waals surface area contributed by atoms with Crippen molar-refractivity contribution in [1.82, 2.24) is 9.80 Å². The van der Waals surface area contributed by atoms with Crippen molar-refractivity contribution in [2.24, 2.45) is 4.99 Å². The molecule has 0 unspecified atom stereocenters. The highest BCUT2D eigenvalue weighted by Gasteiger charge is 2.04. The summed E-state index contributed by atoms with van der Waals surface area (Å²) in [4.78, 5) is 8.54. The van der Waals surface area contributed by atoms with Crippen molar-refractivity contribution in [3.8, 4) is 0 Å². The first kappa shape index (κ1) is 15.1. The van der Waals surface area contributed by atoms with E-state index < -0.39 is 0 Å². The van der Waals surface area contributed by atoms with E-state index in [9.17, 15) is 0 Å². The predicted octanol–water partition coefficient (Wildman–Crippen LogP) is 3.02. The summed E-state index contributed by atoms with van der Waals surface area (Å²) in [5.74, 6) is 0.947. The van der Waals surface area contributed by atoms with Crippen molar-refractivity contribution < 1.29 is 0 Å². The van der Waals surface area contributed by atoms with E-state index in [4.69, 9.17) is 23.2 Å². The third-order valence-electron chi connectivity index (χ3n) is 2.38. The highest BCUT2D eigenvalue weighted by atomic mass is 35.5. The van der Waals surface area contributed by atoms with Crippen molar-refractivity contribution in [3.05, 3.63) is 33.8 Å². The first-order valence-corrected chi connectivity index (χ1v) is 6.50. The quantitative estimate of drug-likeness (QED) is 0.629. The summed E-state index contributed by atoms with van der Waals surface area (Å²) in [6, 6.07) is 5.59. The molecule has 0 radical (unpaired) electrons. The standard InChI is InChI=1S/C13H19Cl2N3/c1-17(2)13(18(3)4)16-6-5-10-7-11(14)9-12(15)8-10/h7-9H,5-6H2,1-4H3. The Hall–Kier alpha value is -0.930. The van der Waals surface area contributed by atoms with Crippen LogP contribution in [0.1, 0.15) is 5.56 Å². The number of nitrogens with zero attached hydrogens (tertiary/aromatic N) is 3. The van der Waals surface area contributed by atoms with Crippen LogP contribution in [0.5, 0.6) is 0 Å². The molecule has 0 heterocycles. The second-order valence-electron chi connectivity index (χ2n) is 4.50. The molecule has 1 aromatic carbocycles. The second kappa shape index (κ2) is 6.86. The average molecular weight is 288 g/mol. The minimum Gasteiger partial charge on any atom is -0.349 e. The Balaban J connectivity index is 2.67. The lowest BCUT2D eigenvalue weighted by Crippen LogP contribution is -2.35. The molecule has 0 aliphatic heterocycles. The van der Waals surface area contributed by atoms with Crippen molar-refractivity contribution in [2.75, 3.05) is 34.7 Å². The highest BCUT2D eigenvalue weighted by Crippen LogP contribution is 2.19.